The van der Waals surface area contributed by atoms with E-state index in [1.165, 1.54) is 32.3 Å². The highest BCUT2D eigenvalue weighted by Gasteiger charge is 2.23. The van der Waals surface area contributed by atoms with Gasteiger partial charge in [0, 0.05) is 20.6 Å². The van der Waals surface area contributed by atoms with Gasteiger partial charge in [-0.2, -0.15) is 0 Å². The van der Waals surface area contributed by atoms with Gasteiger partial charge >= 0.3 is 5.97 Å². The number of carbonyl (C=O) groups is 1. The molecule has 1 rings (SSSR count). The number of carboxylic acids is 1. The molecule has 0 aliphatic carbocycles. The Morgan fingerprint density at radius 2 is 1.86 bits per heavy atom. The third kappa shape index (κ3) is 4.71. The van der Waals surface area contributed by atoms with Gasteiger partial charge in [-0.25, -0.2) is 17.5 Å². The van der Waals surface area contributed by atoms with Crippen molar-refractivity contribution in [1.82, 2.24) is 4.31 Å². The lowest BCUT2D eigenvalue weighted by Crippen LogP contribution is -2.24. The molecular formula is C15H24N2O4S. The van der Waals surface area contributed by atoms with Crippen molar-refractivity contribution >= 4 is 21.7 Å². The molecule has 1 aromatic rings. The number of anilines is 1. The zero-order chi connectivity index (χ0) is 17.1. The van der Waals surface area contributed by atoms with Crippen molar-refractivity contribution in [2.75, 3.05) is 26.0 Å². The van der Waals surface area contributed by atoms with Crippen LogP contribution in [0.4, 0.5) is 5.69 Å². The number of benzene rings is 1. The summed E-state index contributed by atoms with van der Waals surface area (Å²) in [6.07, 6.45) is 0.856. The largest absolute Gasteiger partial charge is 0.478 e. The normalized spacial score (nSPS) is 12.5. The van der Waals surface area contributed by atoms with E-state index in [4.69, 9.17) is 5.11 Å². The average molecular weight is 328 g/mol. The summed E-state index contributed by atoms with van der Waals surface area (Å²) in [6.45, 7) is 6.89. The first kappa shape index (κ1) is 18.4. The van der Waals surface area contributed by atoms with Gasteiger partial charge in [-0.05, 0) is 30.0 Å². The molecule has 6 nitrogen and oxygen atoms in total. The molecule has 22 heavy (non-hydrogen) atoms. The third-order valence-electron chi connectivity index (χ3n) is 3.18. The van der Waals surface area contributed by atoms with Crippen molar-refractivity contribution in [1.29, 1.82) is 0 Å². The molecule has 1 aromatic carbocycles. The van der Waals surface area contributed by atoms with Gasteiger partial charge < -0.3 is 10.4 Å². The second-order valence-corrected chi connectivity index (χ2v) is 8.66. The predicted octanol–water partition coefficient (Wildman–Crippen LogP) is 2.48. The standard InChI is InChI=1S/C15H24N2O4S/c1-15(2,3)8-9-16-12-7-6-11(14(18)19)10-13(12)22(20,21)17(4)5/h6-7,10,16H,8-9H2,1-5H3,(H,18,19). The van der Waals surface area contributed by atoms with Crippen LogP contribution in [-0.2, 0) is 10.0 Å². The van der Waals surface area contributed by atoms with E-state index in [-0.39, 0.29) is 15.9 Å². The Hall–Kier alpha value is -1.60. The van der Waals surface area contributed by atoms with E-state index in [0.717, 1.165) is 10.7 Å². The van der Waals surface area contributed by atoms with E-state index < -0.39 is 16.0 Å². The minimum absolute atomic E-state index is 0.0219. The summed E-state index contributed by atoms with van der Waals surface area (Å²) in [4.78, 5) is 11.1. The quantitative estimate of drug-likeness (QED) is 0.838. The topological polar surface area (TPSA) is 86.7 Å². The van der Waals surface area contributed by atoms with E-state index in [9.17, 15) is 13.2 Å². The van der Waals surface area contributed by atoms with Gasteiger partial charge in [0.15, 0.2) is 0 Å². The van der Waals surface area contributed by atoms with Gasteiger partial charge in [-0.15, -0.1) is 0 Å². The fourth-order valence-electron chi connectivity index (χ4n) is 1.78. The zero-order valence-electron chi connectivity index (χ0n) is 13.7. The zero-order valence-corrected chi connectivity index (χ0v) is 14.5. The summed E-state index contributed by atoms with van der Waals surface area (Å²) in [7, 11) is -0.885. The van der Waals surface area contributed by atoms with Gasteiger partial charge in [-0.3, -0.25) is 0 Å². The lowest BCUT2D eigenvalue weighted by molar-refractivity contribution is 0.0696. The van der Waals surface area contributed by atoms with Gasteiger partial charge in [-0.1, -0.05) is 20.8 Å². The van der Waals surface area contributed by atoms with E-state index in [1.807, 2.05) is 0 Å². The Kier molecular flexibility index (Phi) is 5.59. The summed E-state index contributed by atoms with van der Waals surface area (Å²) in [5.74, 6) is -1.16. The maximum atomic E-state index is 12.4. The van der Waals surface area contributed by atoms with Crippen LogP contribution >= 0.6 is 0 Å². The van der Waals surface area contributed by atoms with E-state index in [2.05, 4.69) is 26.1 Å². The smallest absolute Gasteiger partial charge is 0.335 e. The molecule has 0 spiro atoms. The molecule has 0 saturated carbocycles. The molecule has 0 heterocycles. The van der Waals surface area contributed by atoms with Crippen LogP contribution in [-0.4, -0.2) is 44.4 Å². The van der Waals surface area contributed by atoms with Crippen molar-refractivity contribution in [3.05, 3.63) is 23.8 Å². The highest BCUT2D eigenvalue weighted by Crippen LogP contribution is 2.26. The Morgan fingerprint density at radius 1 is 1.27 bits per heavy atom. The Balaban J connectivity index is 3.19. The Bertz CT molecular complexity index is 646. The van der Waals surface area contributed by atoms with Gasteiger partial charge in [0.2, 0.25) is 10.0 Å². The van der Waals surface area contributed by atoms with Crippen LogP contribution in [0.25, 0.3) is 0 Å². The van der Waals surface area contributed by atoms with Gasteiger partial charge in [0.1, 0.15) is 4.90 Å². The van der Waals surface area contributed by atoms with Crippen LogP contribution in [0.5, 0.6) is 0 Å². The van der Waals surface area contributed by atoms with Crippen LogP contribution in [0.15, 0.2) is 23.1 Å². The molecule has 0 radical (unpaired) electrons. The second-order valence-electron chi connectivity index (χ2n) is 6.54. The lowest BCUT2D eigenvalue weighted by atomic mass is 9.92. The number of rotatable bonds is 6. The van der Waals surface area contributed by atoms with Crippen LogP contribution < -0.4 is 5.32 Å². The Labute approximate surface area is 132 Å². The summed E-state index contributed by atoms with van der Waals surface area (Å²) >= 11 is 0. The predicted molar refractivity (Wildman–Crippen MR) is 86.8 cm³/mol. The molecule has 0 fully saturated rings. The number of aromatic carboxylic acids is 1. The van der Waals surface area contributed by atoms with E-state index >= 15 is 0 Å². The van der Waals surface area contributed by atoms with Crippen molar-refractivity contribution in [2.24, 2.45) is 5.41 Å². The van der Waals surface area contributed by atoms with Crippen molar-refractivity contribution < 1.29 is 18.3 Å². The molecule has 2 N–H and O–H groups in total. The molecule has 0 saturated heterocycles. The number of sulfonamides is 1. The highest BCUT2D eigenvalue weighted by molar-refractivity contribution is 7.89. The number of hydrogen-bond donors (Lipinski definition) is 2. The van der Waals surface area contributed by atoms with Crippen molar-refractivity contribution in [2.45, 2.75) is 32.1 Å². The van der Waals surface area contributed by atoms with E-state index in [1.54, 1.807) is 0 Å². The van der Waals surface area contributed by atoms with Crippen molar-refractivity contribution in [3.63, 3.8) is 0 Å². The fourth-order valence-corrected chi connectivity index (χ4v) is 2.87. The van der Waals surface area contributed by atoms with Crippen LogP contribution in [0.2, 0.25) is 0 Å². The summed E-state index contributed by atoms with van der Waals surface area (Å²) in [5.41, 5.74) is 0.485. The SMILES string of the molecule is CN(C)S(=O)(=O)c1cc(C(=O)O)ccc1NCCC(C)(C)C. The van der Waals surface area contributed by atoms with Crippen LogP contribution in [0.1, 0.15) is 37.6 Å². The van der Waals surface area contributed by atoms with Gasteiger partial charge in [0.05, 0.1) is 11.3 Å². The summed E-state index contributed by atoms with van der Waals surface area (Å²) < 4.78 is 25.8. The second kappa shape index (κ2) is 6.66. The molecule has 7 heteroatoms. The molecule has 0 atom stereocenters. The van der Waals surface area contributed by atoms with E-state index in [0.29, 0.717) is 12.2 Å². The maximum Gasteiger partial charge on any atom is 0.335 e. The van der Waals surface area contributed by atoms with Gasteiger partial charge in [0.25, 0.3) is 0 Å². The fraction of sp³-hybridized carbons (Fsp3) is 0.533. The maximum absolute atomic E-state index is 12.4. The first-order chi connectivity index (χ1) is 9.95. The van der Waals surface area contributed by atoms with Crippen LogP contribution in [0.3, 0.4) is 0 Å². The lowest BCUT2D eigenvalue weighted by Gasteiger charge is -2.20. The minimum Gasteiger partial charge on any atom is -0.478 e. The molecule has 124 valence electrons. The number of carboxylic acid groups (broad SMARTS) is 1. The number of nitrogens with one attached hydrogen (secondary N) is 1. The molecule has 0 aliphatic heterocycles. The number of nitrogens with zero attached hydrogens (tertiary/aromatic N) is 1. The molecule has 0 amide bonds. The van der Waals surface area contributed by atoms with Crippen molar-refractivity contribution in [3.8, 4) is 0 Å². The molecule has 0 aromatic heterocycles. The monoisotopic (exact) mass is 328 g/mol. The molecule has 0 bridgehead atoms. The average Bonchev–Trinajstić information content (AvgIpc) is 2.36. The molecule has 0 unspecified atom stereocenters. The Morgan fingerprint density at radius 3 is 2.32 bits per heavy atom. The minimum atomic E-state index is -3.72. The first-order valence-corrected chi connectivity index (χ1v) is 8.43. The number of hydrogen-bond acceptors (Lipinski definition) is 4. The molecular weight excluding hydrogens is 304 g/mol. The van der Waals surface area contributed by atoms with Crippen LogP contribution in [0, 0.1) is 5.41 Å². The summed E-state index contributed by atoms with van der Waals surface area (Å²) in [5, 5.41) is 12.2. The molecule has 0 aliphatic rings. The summed E-state index contributed by atoms with van der Waals surface area (Å²) in [6, 6.07) is 4.09. The first-order valence-electron chi connectivity index (χ1n) is 6.99. The third-order valence-corrected chi connectivity index (χ3v) is 5.03. The highest BCUT2D eigenvalue weighted by atomic mass is 32.2.